The van der Waals surface area contributed by atoms with Crippen molar-refractivity contribution >= 4 is 36.4 Å². The number of benzene rings is 1. The number of carbonyl (C=O) groups is 1. The number of nitrogens with zero attached hydrogens (tertiary/aromatic N) is 2. The van der Waals surface area contributed by atoms with Gasteiger partial charge in [-0.2, -0.15) is 0 Å². The number of halogens is 2. The van der Waals surface area contributed by atoms with Crippen LogP contribution in [0.4, 0.5) is 5.69 Å². The van der Waals surface area contributed by atoms with Gasteiger partial charge in [-0.15, -0.1) is 24.8 Å². The summed E-state index contributed by atoms with van der Waals surface area (Å²) in [6.45, 7) is 7.68. The molecule has 0 aromatic heterocycles. The van der Waals surface area contributed by atoms with Crippen LogP contribution in [-0.4, -0.2) is 42.5 Å². The summed E-state index contributed by atoms with van der Waals surface area (Å²) in [6, 6.07) is 6.45. The molecular weight excluding hydrogens is 345 g/mol. The monoisotopic (exact) mass is 373 g/mol. The molecule has 1 saturated carbocycles. The molecule has 2 N–H and O–H groups in total. The average molecular weight is 374 g/mol. The predicted molar refractivity (Wildman–Crippen MR) is 105 cm³/mol. The van der Waals surface area contributed by atoms with Crippen LogP contribution in [0.5, 0.6) is 0 Å². The number of hydrogen-bond donors (Lipinski definition) is 1. The second kappa shape index (κ2) is 8.41. The van der Waals surface area contributed by atoms with Gasteiger partial charge in [0.2, 0.25) is 5.91 Å². The highest BCUT2D eigenvalue weighted by molar-refractivity contribution is 5.86. The molecule has 1 aromatic rings. The molecule has 1 aliphatic carbocycles. The lowest BCUT2D eigenvalue weighted by atomic mass is 9.96. The molecule has 24 heavy (non-hydrogen) atoms. The van der Waals surface area contributed by atoms with Gasteiger partial charge in [-0.05, 0) is 43.9 Å². The van der Waals surface area contributed by atoms with E-state index >= 15 is 0 Å². The van der Waals surface area contributed by atoms with E-state index in [1.54, 1.807) is 0 Å². The van der Waals surface area contributed by atoms with Gasteiger partial charge in [0, 0.05) is 31.9 Å². The number of piperazine rings is 1. The molecular formula is C18H29Cl2N3O. The highest BCUT2D eigenvalue weighted by Crippen LogP contribution is 2.30. The molecule has 0 unspecified atom stereocenters. The molecule has 1 heterocycles. The van der Waals surface area contributed by atoms with Crippen LogP contribution in [0.1, 0.15) is 36.8 Å². The second-order valence-corrected chi connectivity index (χ2v) is 6.86. The molecule has 1 amide bonds. The highest BCUT2D eigenvalue weighted by Gasteiger charge is 2.40. The summed E-state index contributed by atoms with van der Waals surface area (Å²) in [5, 5.41) is 0. The molecule has 1 aliphatic heterocycles. The van der Waals surface area contributed by atoms with Crippen molar-refractivity contribution in [1.29, 1.82) is 0 Å². The molecule has 2 fully saturated rings. The third kappa shape index (κ3) is 3.98. The van der Waals surface area contributed by atoms with E-state index < -0.39 is 5.54 Å². The van der Waals surface area contributed by atoms with Gasteiger partial charge in [-0.25, -0.2) is 0 Å². The van der Waals surface area contributed by atoms with Crippen LogP contribution >= 0.6 is 24.8 Å². The summed E-state index contributed by atoms with van der Waals surface area (Å²) in [6.07, 6.45) is 3.88. The van der Waals surface area contributed by atoms with E-state index in [1.165, 1.54) is 16.8 Å². The van der Waals surface area contributed by atoms with Crippen LogP contribution in [0.2, 0.25) is 0 Å². The number of rotatable bonds is 2. The zero-order chi connectivity index (χ0) is 15.7. The molecule has 1 saturated heterocycles. The van der Waals surface area contributed by atoms with Gasteiger partial charge in [0.1, 0.15) is 0 Å². The quantitative estimate of drug-likeness (QED) is 0.866. The smallest absolute Gasteiger partial charge is 0.242 e. The first-order chi connectivity index (χ1) is 10.5. The summed E-state index contributed by atoms with van der Waals surface area (Å²) >= 11 is 0. The summed E-state index contributed by atoms with van der Waals surface area (Å²) in [7, 11) is 0. The van der Waals surface area contributed by atoms with E-state index in [0.717, 1.165) is 51.9 Å². The van der Waals surface area contributed by atoms with Gasteiger partial charge in [0.15, 0.2) is 0 Å². The first-order valence-electron chi connectivity index (χ1n) is 8.41. The van der Waals surface area contributed by atoms with Crippen LogP contribution in [0.25, 0.3) is 0 Å². The Morgan fingerprint density at radius 2 is 1.62 bits per heavy atom. The van der Waals surface area contributed by atoms with Crippen LogP contribution in [-0.2, 0) is 4.79 Å². The van der Waals surface area contributed by atoms with E-state index in [1.807, 2.05) is 4.90 Å². The number of aryl methyl sites for hydroxylation is 1. The number of carbonyl (C=O) groups excluding carboxylic acids is 1. The van der Waals surface area contributed by atoms with Crippen molar-refractivity contribution in [3.05, 3.63) is 29.3 Å². The molecule has 3 rings (SSSR count). The average Bonchev–Trinajstić information content (AvgIpc) is 2.98. The lowest BCUT2D eigenvalue weighted by molar-refractivity contribution is -0.137. The number of nitrogens with two attached hydrogens (primary N) is 1. The minimum absolute atomic E-state index is 0. The standard InChI is InChI=1S/C18H27N3O.2ClH/c1-14-6-5-7-16(15(14)2)20-10-12-21(13-11-20)17(22)18(19)8-3-4-9-18;;/h5-7H,3-4,8-13,19H2,1-2H3;2*1H. The fourth-order valence-electron chi connectivity index (χ4n) is 3.76. The minimum Gasteiger partial charge on any atom is -0.368 e. The molecule has 0 atom stereocenters. The number of anilines is 1. The largest absolute Gasteiger partial charge is 0.368 e. The SMILES string of the molecule is Cc1cccc(N2CCN(C(=O)C3(N)CCCC3)CC2)c1C.Cl.Cl. The van der Waals surface area contributed by atoms with Gasteiger partial charge in [0.25, 0.3) is 0 Å². The maximum atomic E-state index is 12.7. The van der Waals surface area contributed by atoms with Crippen molar-refractivity contribution in [1.82, 2.24) is 4.90 Å². The van der Waals surface area contributed by atoms with Gasteiger partial charge in [-0.3, -0.25) is 4.79 Å². The maximum Gasteiger partial charge on any atom is 0.242 e. The Bertz CT molecular complexity index is 565. The van der Waals surface area contributed by atoms with Gasteiger partial charge >= 0.3 is 0 Å². The summed E-state index contributed by atoms with van der Waals surface area (Å²) < 4.78 is 0. The van der Waals surface area contributed by atoms with E-state index in [9.17, 15) is 4.79 Å². The Morgan fingerprint density at radius 1 is 1.04 bits per heavy atom. The Kier molecular flexibility index (Phi) is 7.39. The highest BCUT2D eigenvalue weighted by atomic mass is 35.5. The van der Waals surface area contributed by atoms with Crippen LogP contribution < -0.4 is 10.6 Å². The predicted octanol–water partition coefficient (Wildman–Crippen LogP) is 3.07. The van der Waals surface area contributed by atoms with E-state index in [4.69, 9.17) is 5.73 Å². The Balaban J connectivity index is 0.00000144. The van der Waals surface area contributed by atoms with E-state index in [2.05, 4.69) is 36.9 Å². The lowest BCUT2D eigenvalue weighted by Crippen LogP contribution is -2.58. The normalized spacial score (nSPS) is 19.5. The Hall–Kier alpha value is -0.970. The zero-order valence-electron chi connectivity index (χ0n) is 14.6. The van der Waals surface area contributed by atoms with Crippen molar-refractivity contribution in [3.8, 4) is 0 Å². The fraction of sp³-hybridized carbons (Fsp3) is 0.611. The Morgan fingerprint density at radius 3 is 2.21 bits per heavy atom. The first-order valence-corrected chi connectivity index (χ1v) is 8.41. The molecule has 4 nitrogen and oxygen atoms in total. The van der Waals surface area contributed by atoms with E-state index in [0.29, 0.717) is 0 Å². The Labute approximate surface area is 157 Å². The molecule has 0 radical (unpaired) electrons. The number of amides is 1. The van der Waals surface area contributed by atoms with Crippen LogP contribution in [0.3, 0.4) is 0 Å². The van der Waals surface area contributed by atoms with Crippen molar-refractivity contribution in [3.63, 3.8) is 0 Å². The van der Waals surface area contributed by atoms with Gasteiger partial charge in [-0.1, -0.05) is 25.0 Å². The lowest BCUT2D eigenvalue weighted by Gasteiger charge is -2.40. The number of hydrogen-bond acceptors (Lipinski definition) is 3. The van der Waals surface area contributed by atoms with E-state index in [-0.39, 0.29) is 30.7 Å². The van der Waals surface area contributed by atoms with Crippen molar-refractivity contribution < 1.29 is 4.79 Å². The molecule has 1 aromatic carbocycles. The molecule has 6 heteroatoms. The minimum atomic E-state index is -0.582. The van der Waals surface area contributed by atoms with Crippen molar-refractivity contribution in [2.75, 3.05) is 31.1 Å². The van der Waals surface area contributed by atoms with Gasteiger partial charge in [0.05, 0.1) is 5.54 Å². The zero-order valence-corrected chi connectivity index (χ0v) is 16.2. The van der Waals surface area contributed by atoms with Crippen molar-refractivity contribution in [2.24, 2.45) is 5.73 Å². The first kappa shape index (κ1) is 21.1. The van der Waals surface area contributed by atoms with Gasteiger partial charge < -0.3 is 15.5 Å². The van der Waals surface area contributed by atoms with Crippen molar-refractivity contribution in [2.45, 2.75) is 45.1 Å². The maximum absolute atomic E-state index is 12.7. The topological polar surface area (TPSA) is 49.6 Å². The third-order valence-electron chi connectivity index (χ3n) is 5.41. The van der Waals surface area contributed by atoms with Crippen LogP contribution in [0, 0.1) is 13.8 Å². The second-order valence-electron chi connectivity index (χ2n) is 6.86. The summed E-state index contributed by atoms with van der Waals surface area (Å²) in [5.74, 6) is 0.172. The molecule has 2 aliphatic rings. The molecule has 136 valence electrons. The summed E-state index contributed by atoms with van der Waals surface area (Å²) in [5.41, 5.74) is 9.70. The summed E-state index contributed by atoms with van der Waals surface area (Å²) in [4.78, 5) is 17.0. The molecule has 0 bridgehead atoms. The van der Waals surface area contributed by atoms with Crippen LogP contribution in [0.15, 0.2) is 18.2 Å². The fourth-order valence-corrected chi connectivity index (χ4v) is 3.76. The third-order valence-corrected chi connectivity index (χ3v) is 5.41. The molecule has 0 spiro atoms.